The molecule has 13 nitrogen and oxygen atoms in total. The Bertz CT molecular complexity index is 2140. The van der Waals surface area contributed by atoms with Gasteiger partial charge in [0.25, 0.3) is 0 Å². The van der Waals surface area contributed by atoms with Crippen molar-refractivity contribution in [2.45, 2.75) is 33.6 Å². The van der Waals surface area contributed by atoms with Crippen molar-refractivity contribution in [3.05, 3.63) is 105 Å². The third-order valence-electron chi connectivity index (χ3n) is 7.63. The summed E-state index contributed by atoms with van der Waals surface area (Å²) in [5.41, 5.74) is 4.31. The number of carboxylic acid groups (broad SMARTS) is 2. The number of rotatable bonds is 17. The topological polar surface area (TPSA) is 198 Å². The van der Waals surface area contributed by atoms with Crippen LogP contribution in [0.25, 0.3) is 11.3 Å². The van der Waals surface area contributed by atoms with Crippen LogP contribution in [0.2, 0.25) is 0 Å². The molecule has 0 radical (unpaired) electrons. The monoisotopic (exact) mass is 821 g/mol. The van der Waals surface area contributed by atoms with Crippen LogP contribution in [0.4, 0.5) is 10.0 Å². The summed E-state index contributed by atoms with van der Waals surface area (Å²) in [6, 6.07) is 18.2. The summed E-state index contributed by atoms with van der Waals surface area (Å²) in [5.74, 6) is -3.28. The molecular weight excluding hydrogens is 783 g/mol. The second-order valence-electron chi connectivity index (χ2n) is 11.7. The smallest absolute Gasteiger partial charge is 0.313 e. The molecule has 0 fully saturated rings. The van der Waals surface area contributed by atoms with Crippen molar-refractivity contribution in [1.29, 1.82) is 0 Å². The summed E-state index contributed by atoms with van der Waals surface area (Å²) in [5, 5.41) is 28.0. The molecule has 0 saturated heterocycles. The first kappa shape index (κ1) is 42.6. The minimum absolute atomic E-state index is 0.0120. The fourth-order valence-corrected chi connectivity index (χ4v) is 7.92. The molecule has 4 N–H and O–H groups in total. The van der Waals surface area contributed by atoms with Crippen LogP contribution >= 0.6 is 46.2 Å². The molecule has 17 heteroatoms. The molecule has 55 heavy (non-hydrogen) atoms. The number of amides is 2. The van der Waals surface area contributed by atoms with Gasteiger partial charge in [0.05, 0.1) is 39.8 Å². The van der Waals surface area contributed by atoms with Gasteiger partial charge in [-0.3, -0.25) is 38.4 Å². The van der Waals surface area contributed by atoms with Crippen molar-refractivity contribution in [2.24, 2.45) is 7.05 Å². The second kappa shape index (κ2) is 20.5. The molecule has 4 heterocycles. The number of thioether (sulfide) groups is 2. The number of aryl methyl sites for hydroxylation is 4. The molecule has 0 atom stereocenters. The number of aromatic nitrogens is 3. The highest BCUT2D eigenvalue weighted by Crippen LogP contribution is 2.32. The Hall–Kier alpha value is -5.10. The van der Waals surface area contributed by atoms with Crippen molar-refractivity contribution < 1.29 is 39.0 Å². The second-order valence-corrected chi connectivity index (χ2v) is 16.0. The van der Waals surface area contributed by atoms with Crippen molar-refractivity contribution in [3.8, 4) is 11.3 Å². The zero-order chi connectivity index (χ0) is 40.1. The molecule has 0 aliphatic heterocycles. The van der Waals surface area contributed by atoms with E-state index in [4.69, 9.17) is 10.2 Å². The summed E-state index contributed by atoms with van der Waals surface area (Å²) in [6.07, 6.45) is 3.21. The SMILES string of the molecule is CCc1cc(C(=O)c2cc(C)n(C)n2)c(NC(=O)CSCC(=O)O)s1.CCc1cc(C(=O)c2ccc(-c3ccccn3)cc2)c(NC(=O)CSCC(=O)O)s1. The molecule has 2 amide bonds. The van der Waals surface area contributed by atoms with E-state index in [2.05, 4.69) is 20.7 Å². The number of ketones is 2. The average Bonchev–Trinajstić information content (AvgIpc) is 3.87. The number of hydrogen-bond donors (Lipinski definition) is 4. The van der Waals surface area contributed by atoms with Crippen molar-refractivity contribution >= 4 is 91.5 Å². The van der Waals surface area contributed by atoms with Gasteiger partial charge in [-0.2, -0.15) is 5.10 Å². The minimum Gasteiger partial charge on any atom is -0.481 e. The van der Waals surface area contributed by atoms with Gasteiger partial charge in [-0.15, -0.1) is 46.2 Å². The Morgan fingerprint density at radius 2 is 1.25 bits per heavy atom. The van der Waals surface area contributed by atoms with E-state index >= 15 is 0 Å². The van der Waals surface area contributed by atoms with Crippen LogP contribution in [0.15, 0.2) is 66.9 Å². The van der Waals surface area contributed by atoms with Crippen LogP contribution in [-0.2, 0) is 39.1 Å². The standard InChI is InChI=1S/C22H20N2O4S2.C16H19N3O4S2/c1-2-16-11-17(22(30-16)24-19(25)12-29-13-20(26)27)21(28)15-8-6-14(7-9-15)18-5-3-4-10-23-18;1-4-10-6-11(15(23)12-5-9(2)19(3)18-12)16(25-10)17-13(20)7-24-8-14(21)22/h3-11H,2,12-13H2,1H3,(H,24,25)(H,26,27);5-6H,4,7-8H2,1-3H3,(H,17,20)(H,21,22). The van der Waals surface area contributed by atoms with Gasteiger partial charge in [0.2, 0.25) is 17.6 Å². The van der Waals surface area contributed by atoms with Gasteiger partial charge in [-0.1, -0.05) is 44.2 Å². The highest BCUT2D eigenvalue weighted by atomic mass is 32.2. The molecule has 1 aromatic carbocycles. The van der Waals surface area contributed by atoms with Gasteiger partial charge in [-0.05, 0) is 50.1 Å². The van der Waals surface area contributed by atoms with Crippen LogP contribution in [0, 0.1) is 6.92 Å². The molecule has 5 rings (SSSR count). The Morgan fingerprint density at radius 1 is 0.727 bits per heavy atom. The van der Waals surface area contributed by atoms with Gasteiger partial charge in [0.1, 0.15) is 15.7 Å². The normalized spacial score (nSPS) is 10.6. The number of pyridine rings is 1. The third-order valence-corrected chi connectivity index (χ3v) is 11.9. The van der Waals surface area contributed by atoms with Crippen molar-refractivity contribution in [2.75, 3.05) is 33.6 Å². The van der Waals surface area contributed by atoms with Gasteiger partial charge in [-0.25, -0.2) is 0 Å². The molecule has 0 bridgehead atoms. The van der Waals surface area contributed by atoms with Gasteiger partial charge >= 0.3 is 11.9 Å². The summed E-state index contributed by atoms with van der Waals surface area (Å²) >= 11 is 4.73. The summed E-state index contributed by atoms with van der Waals surface area (Å²) in [7, 11) is 1.76. The fourth-order valence-electron chi connectivity index (χ4n) is 4.83. The molecule has 0 aliphatic rings. The lowest BCUT2D eigenvalue weighted by atomic mass is 10.0. The number of nitrogens with one attached hydrogen (secondary N) is 2. The highest BCUT2D eigenvalue weighted by molar-refractivity contribution is 8.00. The predicted octanol–water partition coefficient (Wildman–Crippen LogP) is 6.70. The largest absolute Gasteiger partial charge is 0.481 e. The molecule has 4 aromatic heterocycles. The highest BCUT2D eigenvalue weighted by Gasteiger charge is 2.22. The number of nitrogens with zero attached hydrogens (tertiary/aromatic N) is 3. The molecule has 0 saturated carbocycles. The lowest BCUT2D eigenvalue weighted by Crippen LogP contribution is -2.16. The van der Waals surface area contributed by atoms with E-state index in [1.165, 1.54) is 22.7 Å². The lowest BCUT2D eigenvalue weighted by Gasteiger charge is -2.07. The molecule has 0 spiro atoms. The number of benzene rings is 1. The van der Waals surface area contributed by atoms with E-state index in [-0.39, 0.29) is 46.4 Å². The van der Waals surface area contributed by atoms with Crippen LogP contribution in [0.1, 0.15) is 61.3 Å². The first-order chi connectivity index (χ1) is 26.3. The molecule has 288 valence electrons. The Morgan fingerprint density at radius 3 is 1.69 bits per heavy atom. The first-order valence-electron chi connectivity index (χ1n) is 16.8. The first-order valence-corrected chi connectivity index (χ1v) is 20.8. The number of aliphatic carboxylic acids is 2. The zero-order valence-corrected chi connectivity index (χ0v) is 33.7. The number of carbonyl (C=O) groups is 6. The van der Waals surface area contributed by atoms with Crippen LogP contribution in [0.3, 0.4) is 0 Å². The van der Waals surface area contributed by atoms with E-state index < -0.39 is 11.9 Å². The van der Waals surface area contributed by atoms with E-state index in [0.717, 1.165) is 63.1 Å². The van der Waals surface area contributed by atoms with Crippen molar-refractivity contribution in [1.82, 2.24) is 14.8 Å². The zero-order valence-electron chi connectivity index (χ0n) is 30.4. The van der Waals surface area contributed by atoms with Crippen LogP contribution in [-0.4, -0.2) is 83.3 Å². The van der Waals surface area contributed by atoms with Crippen molar-refractivity contribution in [3.63, 3.8) is 0 Å². The maximum absolute atomic E-state index is 13.1. The third kappa shape index (κ3) is 12.5. The van der Waals surface area contributed by atoms with E-state index in [1.807, 2.05) is 51.1 Å². The van der Waals surface area contributed by atoms with Gasteiger partial charge in [0.15, 0.2) is 5.78 Å². The quantitative estimate of drug-likeness (QED) is 0.0726. The predicted molar refractivity (Wildman–Crippen MR) is 219 cm³/mol. The van der Waals surface area contributed by atoms with E-state index in [9.17, 15) is 28.8 Å². The summed E-state index contributed by atoms with van der Waals surface area (Å²) < 4.78 is 1.63. The number of carbonyl (C=O) groups excluding carboxylic acids is 4. The molecular formula is C38H39N5O8S4. The molecule has 5 aromatic rings. The number of hydrogen-bond acceptors (Lipinski definition) is 12. The average molecular weight is 822 g/mol. The maximum Gasteiger partial charge on any atom is 0.313 e. The minimum atomic E-state index is -0.970. The Labute approximate surface area is 334 Å². The van der Waals surface area contributed by atoms with Gasteiger partial charge in [0, 0.05) is 39.8 Å². The maximum atomic E-state index is 13.1. The van der Waals surface area contributed by atoms with E-state index in [1.54, 1.807) is 48.3 Å². The molecule has 0 aliphatic carbocycles. The summed E-state index contributed by atoms with van der Waals surface area (Å²) in [4.78, 5) is 77.4. The number of carboxylic acids is 2. The number of thiophene rings is 2. The van der Waals surface area contributed by atoms with Crippen LogP contribution < -0.4 is 10.6 Å². The number of anilines is 2. The molecule has 0 unspecified atom stereocenters. The fraction of sp³-hybridized carbons (Fsp3) is 0.263. The lowest BCUT2D eigenvalue weighted by molar-refractivity contribution is -0.134. The Balaban J connectivity index is 0.000000249. The van der Waals surface area contributed by atoms with E-state index in [0.29, 0.717) is 32.4 Å². The Kier molecular flexibility index (Phi) is 15.9. The summed E-state index contributed by atoms with van der Waals surface area (Å²) in [6.45, 7) is 5.81. The van der Waals surface area contributed by atoms with Crippen LogP contribution in [0.5, 0.6) is 0 Å². The van der Waals surface area contributed by atoms with Gasteiger partial charge < -0.3 is 20.8 Å².